The van der Waals surface area contributed by atoms with Gasteiger partial charge < -0.3 is 5.32 Å². The van der Waals surface area contributed by atoms with E-state index < -0.39 is 17.5 Å². The molecule has 1 N–H and O–H groups in total. The highest BCUT2D eigenvalue weighted by molar-refractivity contribution is 7.99. The van der Waals surface area contributed by atoms with Crippen LogP contribution in [0.25, 0.3) is 17.0 Å². The number of benzene rings is 1. The summed E-state index contributed by atoms with van der Waals surface area (Å²) in [6.07, 6.45) is 1.67. The number of aromatic nitrogens is 5. The van der Waals surface area contributed by atoms with Crippen molar-refractivity contribution in [3.63, 3.8) is 0 Å². The smallest absolute Gasteiger partial charge is 0.234 e. The van der Waals surface area contributed by atoms with Gasteiger partial charge in [-0.15, -0.1) is 10.2 Å². The van der Waals surface area contributed by atoms with Crippen molar-refractivity contribution in [2.45, 2.75) is 5.16 Å². The molecule has 0 aliphatic rings. The van der Waals surface area contributed by atoms with Crippen LogP contribution in [0.1, 0.15) is 0 Å². The molecule has 0 fully saturated rings. The maximum absolute atomic E-state index is 13.2. The standard InChI is InChI=1S/C18H12F2N6OS/c19-12-5-4-11(9-13(12)20)22-17(27)10-28-18-24-23-16-7-6-15(25-26(16)18)14-3-1-2-8-21-14/h1-9H,10H2,(H,22,27). The van der Waals surface area contributed by atoms with Gasteiger partial charge in [-0.2, -0.15) is 9.61 Å². The van der Waals surface area contributed by atoms with Gasteiger partial charge in [-0.1, -0.05) is 17.8 Å². The number of fused-ring (bicyclic) bond motifs is 1. The number of anilines is 1. The van der Waals surface area contributed by atoms with Crippen molar-refractivity contribution < 1.29 is 13.6 Å². The number of nitrogens with zero attached hydrogens (tertiary/aromatic N) is 5. The van der Waals surface area contributed by atoms with Gasteiger partial charge in [0.1, 0.15) is 5.69 Å². The van der Waals surface area contributed by atoms with Crippen molar-refractivity contribution in [3.8, 4) is 11.4 Å². The first-order chi connectivity index (χ1) is 13.6. The van der Waals surface area contributed by atoms with Crippen LogP contribution < -0.4 is 5.32 Å². The molecule has 0 saturated heterocycles. The second-order valence-corrected chi connectivity index (χ2v) is 6.59. The zero-order chi connectivity index (χ0) is 19.5. The number of thioether (sulfide) groups is 1. The fraction of sp³-hybridized carbons (Fsp3) is 0.0556. The Kier molecular flexibility index (Phi) is 4.94. The molecule has 0 spiro atoms. The summed E-state index contributed by atoms with van der Waals surface area (Å²) in [6.45, 7) is 0. The first-order valence-electron chi connectivity index (χ1n) is 8.12. The molecule has 0 radical (unpaired) electrons. The van der Waals surface area contributed by atoms with E-state index in [0.717, 1.165) is 23.9 Å². The van der Waals surface area contributed by atoms with E-state index in [9.17, 15) is 13.6 Å². The summed E-state index contributed by atoms with van der Waals surface area (Å²) in [5, 5.41) is 15.5. The number of halogens is 2. The van der Waals surface area contributed by atoms with Crippen LogP contribution in [0, 0.1) is 11.6 Å². The quantitative estimate of drug-likeness (QED) is 0.520. The normalized spacial score (nSPS) is 10.9. The summed E-state index contributed by atoms with van der Waals surface area (Å²) in [5.41, 5.74) is 2.04. The third-order valence-corrected chi connectivity index (χ3v) is 4.62. The third kappa shape index (κ3) is 3.81. The summed E-state index contributed by atoms with van der Waals surface area (Å²) < 4.78 is 27.7. The van der Waals surface area contributed by atoms with Crippen LogP contribution in [0.4, 0.5) is 14.5 Å². The number of pyridine rings is 1. The minimum absolute atomic E-state index is 0.00468. The Bertz CT molecular complexity index is 1150. The van der Waals surface area contributed by atoms with Gasteiger partial charge in [0.05, 0.1) is 11.4 Å². The Morgan fingerprint density at radius 2 is 1.93 bits per heavy atom. The molecule has 0 atom stereocenters. The summed E-state index contributed by atoms with van der Waals surface area (Å²) in [4.78, 5) is 16.4. The summed E-state index contributed by atoms with van der Waals surface area (Å²) in [6, 6.07) is 12.2. The lowest BCUT2D eigenvalue weighted by Crippen LogP contribution is -2.14. The van der Waals surface area contributed by atoms with Crippen molar-refractivity contribution >= 4 is 29.0 Å². The van der Waals surface area contributed by atoms with E-state index in [1.807, 2.05) is 18.2 Å². The molecule has 0 bridgehead atoms. The van der Waals surface area contributed by atoms with Gasteiger partial charge in [0.25, 0.3) is 0 Å². The number of hydrogen-bond donors (Lipinski definition) is 1. The molecule has 4 rings (SSSR count). The van der Waals surface area contributed by atoms with Crippen LogP contribution in [0.5, 0.6) is 0 Å². The molecule has 0 unspecified atom stereocenters. The molecular weight excluding hydrogens is 386 g/mol. The monoisotopic (exact) mass is 398 g/mol. The van der Waals surface area contributed by atoms with Gasteiger partial charge in [-0.05, 0) is 36.4 Å². The van der Waals surface area contributed by atoms with E-state index in [1.165, 1.54) is 10.6 Å². The molecule has 10 heteroatoms. The van der Waals surface area contributed by atoms with Crippen molar-refractivity contribution in [1.82, 2.24) is 24.8 Å². The fourth-order valence-corrected chi connectivity index (χ4v) is 3.10. The van der Waals surface area contributed by atoms with Gasteiger partial charge in [-0.25, -0.2) is 8.78 Å². The molecule has 0 saturated carbocycles. The maximum atomic E-state index is 13.2. The van der Waals surface area contributed by atoms with E-state index in [1.54, 1.807) is 18.3 Å². The molecule has 3 heterocycles. The minimum Gasteiger partial charge on any atom is -0.325 e. The first-order valence-corrected chi connectivity index (χ1v) is 9.10. The molecule has 0 aliphatic carbocycles. The summed E-state index contributed by atoms with van der Waals surface area (Å²) in [7, 11) is 0. The molecule has 0 aliphatic heterocycles. The Hall–Kier alpha value is -3.40. The number of carbonyl (C=O) groups is 1. The molecular formula is C18H12F2N6OS. The number of rotatable bonds is 5. The van der Waals surface area contributed by atoms with Crippen molar-refractivity contribution in [2.75, 3.05) is 11.1 Å². The van der Waals surface area contributed by atoms with Crippen LogP contribution in [0.2, 0.25) is 0 Å². The molecule has 140 valence electrons. The molecule has 3 aromatic heterocycles. The second-order valence-electron chi connectivity index (χ2n) is 5.65. The fourth-order valence-electron chi connectivity index (χ4n) is 2.41. The van der Waals surface area contributed by atoms with Gasteiger partial charge in [0, 0.05) is 18.0 Å². The van der Waals surface area contributed by atoms with Crippen LogP contribution >= 0.6 is 11.8 Å². The average molecular weight is 398 g/mol. The van der Waals surface area contributed by atoms with Gasteiger partial charge in [-0.3, -0.25) is 9.78 Å². The SMILES string of the molecule is O=C(CSc1nnc2ccc(-c3ccccn3)nn12)Nc1ccc(F)c(F)c1. The summed E-state index contributed by atoms with van der Waals surface area (Å²) >= 11 is 1.12. The number of carbonyl (C=O) groups excluding carboxylic acids is 1. The topological polar surface area (TPSA) is 85.1 Å². The predicted molar refractivity (Wildman–Crippen MR) is 99.7 cm³/mol. The van der Waals surface area contributed by atoms with Crippen LogP contribution in [-0.2, 0) is 4.79 Å². The highest BCUT2D eigenvalue weighted by atomic mass is 32.2. The first kappa shape index (κ1) is 18.0. The zero-order valence-corrected chi connectivity index (χ0v) is 15.0. The maximum Gasteiger partial charge on any atom is 0.234 e. The molecule has 28 heavy (non-hydrogen) atoms. The molecule has 1 aromatic carbocycles. The van der Waals surface area contributed by atoms with E-state index >= 15 is 0 Å². The van der Waals surface area contributed by atoms with Crippen LogP contribution in [-0.4, -0.2) is 36.5 Å². The number of amides is 1. The Balaban J connectivity index is 1.48. The highest BCUT2D eigenvalue weighted by Crippen LogP contribution is 2.20. The second kappa shape index (κ2) is 7.69. The van der Waals surface area contributed by atoms with Gasteiger partial charge >= 0.3 is 0 Å². The lowest BCUT2D eigenvalue weighted by molar-refractivity contribution is -0.113. The molecule has 7 nitrogen and oxygen atoms in total. The lowest BCUT2D eigenvalue weighted by Gasteiger charge is -2.05. The van der Waals surface area contributed by atoms with Gasteiger partial charge in [0.2, 0.25) is 11.1 Å². The van der Waals surface area contributed by atoms with Crippen molar-refractivity contribution in [2.24, 2.45) is 0 Å². The van der Waals surface area contributed by atoms with E-state index in [4.69, 9.17) is 0 Å². The Morgan fingerprint density at radius 3 is 2.71 bits per heavy atom. The number of hydrogen-bond acceptors (Lipinski definition) is 6. The van der Waals surface area contributed by atoms with Gasteiger partial charge in [0.15, 0.2) is 17.3 Å². The van der Waals surface area contributed by atoms with Crippen LogP contribution in [0.15, 0.2) is 59.9 Å². The largest absolute Gasteiger partial charge is 0.325 e. The van der Waals surface area contributed by atoms with E-state index in [-0.39, 0.29) is 11.4 Å². The Labute approximate surface area is 161 Å². The minimum atomic E-state index is -1.03. The van der Waals surface area contributed by atoms with E-state index in [0.29, 0.717) is 22.2 Å². The highest BCUT2D eigenvalue weighted by Gasteiger charge is 2.13. The molecule has 4 aromatic rings. The third-order valence-electron chi connectivity index (χ3n) is 3.70. The number of nitrogens with one attached hydrogen (secondary N) is 1. The van der Waals surface area contributed by atoms with Crippen molar-refractivity contribution in [1.29, 1.82) is 0 Å². The predicted octanol–water partition coefficient (Wildman–Crippen LogP) is 3.20. The zero-order valence-electron chi connectivity index (χ0n) is 14.2. The lowest BCUT2D eigenvalue weighted by atomic mass is 10.2. The Morgan fingerprint density at radius 1 is 1.04 bits per heavy atom. The summed E-state index contributed by atoms with van der Waals surface area (Å²) in [5.74, 6) is -2.40. The van der Waals surface area contributed by atoms with Crippen LogP contribution in [0.3, 0.4) is 0 Å². The van der Waals surface area contributed by atoms with Crippen molar-refractivity contribution in [3.05, 3.63) is 66.4 Å². The van der Waals surface area contributed by atoms with E-state index in [2.05, 4.69) is 25.6 Å². The average Bonchev–Trinajstić information content (AvgIpc) is 3.12. The molecule has 1 amide bonds.